The highest BCUT2D eigenvalue weighted by Gasteiger charge is 2.17. The van der Waals surface area contributed by atoms with Crippen molar-refractivity contribution in [2.45, 2.75) is 50.9 Å². The zero-order valence-corrected chi connectivity index (χ0v) is 19.2. The van der Waals surface area contributed by atoms with Gasteiger partial charge in [0.2, 0.25) is 0 Å². The van der Waals surface area contributed by atoms with Crippen LogP contribution in [0.5, 0.6) is 5.75 Å². The van der Waals surface area contributed by atoms with Crippen LogP contribution in [0, 0.1) is 11.3 Å². The van der Waals surface area contributed by atoms with Crippen LogP contribution in [-0.4, -0.2) is 38.3 Å². The van der Waals surface area contributed by atoms with Gasteiger partial charge < -0.3 is 14.4 Å². The number of ether oxygens (including phenoxy) is 1. The Morgan fingerprint density at radius 1 is 1.10 bits per heavy atom. The van der Waals surface area contributed by atoms with E-state index in [4.69, 9.17) is 10.00 Å². The summed E-state index contributed by atoms with van der Waals surface area (Å²) in [6.45, 7) is 9.56. The van der Waals surface area contributed by atoms with Crippen molar-refractivity contribution in [2.24, 2.45) is 0 Å². The summed E-state index contributed by atoms with van der Waals surface area (Å²) in [5, 5.41) is 28.7. The minimum atomic E-state index is -0.655. The number of nitrogens with zero attached hydrogens (tertiary/aromatic N) is 4. The minimum absolute atomic E-state index is 0.105. The zero-order valence-electron chi connectivity index (χ0n) is 18.4. The normalized spacial score (nSPS) is 12.4. The van der Waals surface area contributed by atoms with Crippen molar-refractivity contribution in [1.29, 1.82) is 5.26 Å². The van der Waals surface area contributed by atoms with Crippen molar-refractivity contribution < 1.29 is 9.84 Å². The van der Waals surface area contributed by atoms with Crippen LogP contribution in [0.15, 0.2) is 53.7 Å². The standard InChI is InChI=1S/C24H28N4O2S/c1-5-28-22(18-8-10-19(11-9-18)24(2,3)4)26-27-23(28)31-16-20(29)15-30-21-12-6-17(14-25)7-13-21/h6-13,20,29H,5,15-16H2,1-4H3. The largest absolute Gasteiger partial charge is 0.491 e. The van der Waals surface area contributed by atoms with E-state index in [2.05, 4.69) is 72.8 Å². The fraction of sp³-hybridized carbons (Fsp3) is 0.375. The van der Waals surface area contributed by atoms with Gasteiger partial charge in [0.1, 0.15) is 12.4 Å². The number of aliphatic hydroxyl groups is 1. The van der Waals surface area contributed by atoms with E-state index in [9.17, 15) is 5.11 Å². The van der Waals surface area contributed by atoms with Crippen LogP contribution in [0.2, 0.25) is 0 Å². The van der Waals surface area contributed by atoms with Gasteiger partial charge in [-0.2, -0.15) is 5.26 Å². The number of hydrogen-bond donors (Lipinski definition) is 1. The van der Waals surface area contributed by atoms with Crippen molar-refractivity contribution in [3.63, 3.8) is 0 Å². The molecule has 1 N–H and O–H groups in total. The molecule has 0 bridgehead atoms. The summed E-state index contributed by atoms with van der Waals surface area (Å²) in [5.41, 5.74) is 2.98. The molecule has 31 heavy (non-hydrogen) atoms. The molecule has 3 rings (SSSR count). The van der Waals surface area contributed by atoms with Crippen molar-refractivity contribution in [1.82, 2.24) is 14.8 Å². The maximum Gasteiger partial charge on any atom is 0.191 e. The quantitative estimate of drug-likeness (QED) is 0.517. The second-order valence-electron chi connectivity index (χ2n) is 8.29. The number of rotatable bonds is 8. The molecule has 1 atom stereocenters. The molecule has 0 amide bonds. The summed E-state index contributed by atoms with van der Waals surface area (Å²) in [6.07, 6.45) is -0.655. The molecule has 0 fully saturated rings. The van der Waals surface area contributed by atoms with Gasteiger partial charge in [0, 0.05) is 17.9 Å². The number of aliphatic hydroxyl groups excluding tert-OH is 1. The fourth-order valence-electron chi connectivity index (χ4n) is 3.05. The van der Waals surface area contributed by atoms with Crippen molar-refractivity contribution in [2.75, 3.05) is 12.4 Å². The number of benzene rings is 2. The van der Waals surface area contributed by atoms with E-state index in [1.807, 2.05) is 0 Å². The van der Waals surface area contributed by atoms with E-state index in [1.165, 1.54) is 17.3 Å². The monoisotopic (exact) mass is 436 g/mol. The SMILES string of the molecule is CCn1c(SCC(O)COc2ccc(C#N)cc2)nnc1-c1ccc(C(C)(C)C)cc1. The Labute approximate surface area is 187 Å². The van der Waals surface area contributed by atoms with Gasteiger partial charge in [0.05, 0.1) is 17.7 Å². The molecule has 3 aromatic rings. The molecule has 0 saturated carbocycles. The van der Waals surface area contributed by atoms with Crippen LogP contribution in [0.25, 0.3) is 11.4 Å². The molecule has 0 aliphatic carbocycles. The van der Waals surface area contributed by atoms with Gasteiger partial charge in [-0.05, 0) is 42.2 Å². The molecule has 162 valence electrons. The summed E-state index contributed by atoms with van der Waals surface area (Å²) in [4.78, 5) is 0. The Balaban J connectivity index is 1.60. The molecule has 2 aromatic carbocycles. The van der Waals surface area contributed by atoms with Gasteiger partial charge in [-0.3, -0.25) is 0 Å². The van der Waals surface area contributed by atoms with E-state index >= 15 is 0 Å². The van der Waals surface area contributed by atoms with Gasteiger partial charge in [-0.15, -0.1) is 10.2 Å². The van der Waals surface area contributed by atoms with Crippen molar-refractivity contribution in [3.05, 3.63) is 59.7 Å². The Bertz CT molecular complexity index is 1030. The molecule has 0 aliphatic rings. The second kappa shape index (κ2) is 9.99. The lowest BCUT2D eigenvalue weighted by molar-refractivity contribution is 0.126. The van der Waals surface area contributed by atoms with Gasteiger partial charge in [0.25, 0.3) is 0 Å². The number of nitriles is 1. The summed E-state index contributed by atoms with van der Waals surface area (Å²) < 4.78 is 7.67. The van der Waals surface area contributed by atoms with Crippen LogP contribution in [0.1, 0.15) is 38.8 Å². The first-order chi connectivity index (χ1) is 14.8. The molecule has 0 spiro atoms. The summed E-state index contributed by atoms with van der Waals surface area (Å²) >= 11 is 1.46. The first-order valence-corrected chi connectivity index (χ1v) is 11.3. The van der Waals surface area contributed by atoms with Crippen molar-refractivity contribution >= 4 is 11.8 Å². The average Bonchev–Trinajstić information content (AvgIpc) is 3.19. The molecule has 0 aliphatic heterocycles. The van der Waals surface area contributed by atoms with Crippen LogP contribution in [0.3, 0.4) is 0 Å². The lowest BCUT2D eigenvalue weighted by Crippen LogP contribution is -2.20. The van der Waals surface area contributed by atoms with Gasteiger partial charge in [0.15, 0.2) is 11.0 Å². The topological polar surface area (TPSA) is 84.0 Å². The maximum absolute atomic E-state index is 10.3. The molecule has 1 heterocycles. The molecule has 1 aromatic heterocycles. The second-order valence-corrected chi connectivity index (χ2v) is 9.28. The Kier molecular flexibility index (Phi) is 7.37. The van der Waals surface area contributed by atoms with Crippen LogP contribution in [-0.2, 0) is 12.0 Å². The van der Waals surface area contributed by atoms with Gasteiger partial charge in [-0.1, -0.05) is 56.8 Å². The van der Waals surface area contributed by atoms with Crippen LogP contribution < -0.4 is 4.74 Å². The molecule has 0 saturated heterocycles. The van der Waals surface area contributed by atoms with E-state index < -0.39 is 6.10 Å². The molecule has 0 radical (unpaired) electrons. The van der Waals surface area contributed by atoms with Crippen LogP contribution >= 0.6 is 11.8 Å². The number of aromatic nitrogens is 3. The fourth-order valence-corrected chi connectivity index (χ4v) is 3.96. The summed E-state index contributed by atoms with van der Waals surface area (Å²) in [6, 6.07) is 17.4. The van der Waals surface area contributed by atoms with Gasteiger partial charge >= 0.3 is 0 Å². The van der Waals surface area contributed by atoms with Gasteiger partial charge in [-0.25, -0.2) is 0 Å². The first kappa shape index (κ1) is 22.9. The van der Waals surface area contributed by atoms with E-state index in [0.29, 0.717) is 17.1 Å². The predicted molar refractivity (Wildman–Crippen MR) is 123 cm³/mol. The van der Waals surface area contributed by atoms with E-state index in [-0.39, 0.29) is 12.0 Å². The molecule has 1 unspecified atom stereocenters. The van der Waals surface area contributed by atoms with E-state index in [0.717, 1.165) is 23.1 Å². The average molecular weight is 437 g/mol. The van der Waals surface area contributed by atoms with Crippen LogP contribution in [0.4, 0.5) is 0 Å². The third-order valence-corrected chi connectivity index (χ3v) is 5.98. The highest BCUT2D eigenvalue weighted by Crippen LogP contribution is 2.28. The molecule has 7 heteroatoms. The third-order valence-electron chi connectivity index (χ3n) is 4.87. The molecular weight excluding hydrogens is 408 g/mol. The molecule has 6 nitrogen and oxygen atoms in total. The smallest absolute Gasteiger partial charge is 0.191 e. The molecular formula is C24H28N4O2S. The zero-order chi connectivity index (χ0) is 22.4. The number of hydrogen-bond acceptors (Lipinski definition) is 6. The highest BCUT2D eigenvalue weighted by molar-refractivity contribution is 7.99. The van der Waals surface area contributed by atoms with E-state index in [1.54, 1.807) is 24.3 Å². The highest BCUT2D eigenvalue weighted by atomic mass is 32.2. The van der Waals surface area contributed by atoms with Crippen molar-refractivity contribution in [3.8, 4) is 23.2 Å². The first-order valence-electron chi connectivity index (χ1n) is 10.3. The maximum atomic E-state index is 10.3. The Morgan fingerprint density at radius 3 is 2.35 bits per heavy atom. The lowest BCUT2D eigenvalue weighted by atomic mass is 9.87. The minimum Gasteiger partial charge on any atom is -0.491 e. The Morgan fingerprint density at radius 2 is 1.77 bits per heavy atom. The Hall–Kier alpha value is -2.82. The summed E-state index contributed by atoms with van der Waals surface area (Å²) in [7, 11) is 0. The predicted octanol–water partition coefficient (Wildman–Crippen LogP) is 4.67. The number of thioether (sulfide) groups is 1. The lowest BCUT2D eigenvalue weighted by Gasteiger charge is -2.19. The third kappa shape index (κ3) is 5.87. The summed E-state index contributed by atoms with van der Waals surface area (Å²) in [5.74, 6) is 1.90.